The van der Waals surface area contributed by atoms with Crippen LogP contribution >= 0.6 is 0 Å². The molecular formula is C15H20N2O. The number of carbonyl (C=O) groups is 1. The standard InChI is InChI=1S/C15H20N2O/c18-14-15(6-9-16-10-7-15)8-11-17(14)12-13-4-2-1-3-5-13/h1-5,16H,6-12H2. The molecule has 3 heteroatoms. The molecule has 0 aliphatic carbocycles. The first-order valence-electron chi connectivity index (χ1n) is 6.84. The van der Waals surface area contributed by atoms with Crippen LogP contribution in [-0.2, 0) is 11.3 Å². The number of rotatable bonds is 2. The molecule has 0 saturated carbocycles. The Morgan fingerprint density at radius 3 is 2.56 bits per heavy atom. The second-order valence-electron chi connectivity index (χ2n) is 5.49. The lowest BCUT2D eigenvalue weighted by Gasteiger charge is -2.32. The first kappa shape index (κ1) is 11.7. The normalized spacial score (nSPS) is 22.7. The lowest BCUT2D eigenvalue weighted by Crippen LogP contribution is -2.42. The highest BCUT2D eigenvalue weighted by Crippen LogP contribution is 2.40. The Morgan fingerprint density at radius 2 is 1.83 bits per heavy atom. The van der Waals surface area contributed by atoms with Crippen LogP contribution in [0.4, 0.5) is 0 Å². The highest BCUT2D eigenvalue weighted by molar-refractivity contribution is 5.85. The fourth-order valence-corrected chi connectivity index (χ4v) is 3.22. The highest BCUT2D eigenvalue weighted by atomic mass is 16.2. The molecule has 1 aromatic rings. The van der Waals surface area contributed by atoms with E-state index in [1.807, 2.05) is 23.1 Å². The van der Waals surface area contributed by atoms with Crippen LogP contribution in [0.2, 0.25) is 0 Å². The average molecular weight is 244 g/mol. The summed E-state index contributed by atoms with van der Waals surface area (Å²) in [5, 5.41) is 3.35. The van der Waals surface area contributed by atoms with Gasteiger partial charge in [-0.25, -0.2) is 0 Å². The van der Waals surface area contributed by atoms with E-state index in [0.29, 0.717) is 5.91 Å². The van der Waals surface area contributed by atoms with E-state index >= 15 is 0 Å². The number of hydrogen-bond donors (Lipinski definition) is 1. The van der Waals surface area contributed by atoms with Crippen LogP contribution in [0.5, 0.6) is 0 Å². The fourth-order valence-electron chi connectivity index (χ4n) is 3.22. The molecule has 3 nitrogen and oxygen atoms in total. The van der Waals surface area contributed by atoms with Gasteiger partial charge in [-0.2, -0.15) is 0 Å². The van der Waals surface area contributed by atoms with Gasteiger partial charge in [-0.15, -0.1) is 0 Å². The fraction of sp³-hybridized carbons (Fsp3) is 0.533. The molecule has 0 radical (unpaired) electrons. The molecule has 96 valence electrons. The maximum Gasteiger partial charge on any atom is 0.229 e. The Morgan fingerprint density at radius 1 is 1.11 bits per heavy atom. The van der Waals surface area contributed by atoms with Gasteiger partial charge in [0.1, 0.15) is 0 Å². The van der Waals surface area contributed by atoms with Crippen molar-refractivity contribution >= 4 is 5.91 Å². The molecule has 0 aromatic heterocycles. The average Bonchev–Trinajstić information content (AvgIpc) is 2.71. The number of amides is 1. The van der Waals surface area contributed by atoms with Crippen molar-refractivity contribution in [3.63, 3.8) is 0 Å². The molecule has 2 fully saturated rings. The quantitative estimate of drug-likeness (QED) is 0.860. The third-order valence-electron chi connectivity index (χ3n) is 4.38. The smallest absolute Gasteiger partial charge is 0.229 e. The number of nitrogens with one attached hydrogen (secondary N) is 1. The summed E-state index contributed by atoms with van der Waals surface area (Å²) in [6, 6.07) is 10.3. The number of piperidine rings is 1. The molecule has 1 spiro atoms. The molecule has 18 heavy (non-hydrogen) atoms. The first-order valence-corrected chi connectivity index (χ1v) is 6.84. The van der Waals surface area contributed by atoms with Crippen molar-refractivity contribution in [2.45, 2.75) is 25.8 Å². The maximum atomic E-state index is 12.6. The Bertz CT molecular complexity index is 423. The second-order valence-corrected chi connectivity index (χ2v) is 5.49. The van der Waals surface area contributed by atoms with Crippen molar-refractivity contribution in [2.75, 3.05) is 19.6 Å². The summed E-state index contributed by atoms with van der Waals surface area (Å²) in [6.07, 6.45) is 3.06. The number of likely N-dealkylation sites (tertiary alicyclic amines) is 1. The van der Waals surface area contributed by atoms with E-state index in [1.54, 1.807) is 0 Å². The molecule has 2 aliphatic rings. The Balaban J connectivity index is 1.71. The van der Waals surface area contributed by atoms with Gasteiger partial charge in [0, 0.05) is 13.1 Å². The summed E-state index contributed by atoms with van der Waals surface area (Å²) in [5.41, 5.74) is 1.19. The van der Waals surface area contributed by atoms with E-state index in [4.69, 9.17) is 0 Å². The molecular weight excluding hydrogens is 224 g/mol. The highest BCUT2D eigenvalue weighted by Gasteiger charge is 2.46. The summed E-state index contributed by atoms with van der Waals surface area (Å²) < 4.78 is 0. The lowest BCUT2D eigenvalue weighted by atomic mass is 9.78. The largest absolute Gasteiger partial charge is 0.338 e. The molecule has 1 N–H and O–H groups in total. The Kier molecular flexibility index (Phi) is 3.08. The lowest BCUT2D eigenvalue weighted by molar-refractivity contribution is -0.137. The minimum atomic E-state index is -0.0416. The number of carbonyl (C=O) groups excluding carboxylic acids is 1. The van der Waals surface area contributed by atoms with Crippen molar-refractivity contribution in [3.05, 3.63) is 35.9 Å². The third kappa shape index (κ3) is 2.03. The minimum Gasteiger partial charge on any atom is -0.338 e. The van der Waals surface area contributed by atoms with Gasteiger partial charge >= 0.3 is 0 Å². The molecule has 0 atom stereocenters. The van der Waals surface area contributed by atoms with Crippen LogP contribution in [0.15, 0.2) is 30.3 Å². The van der Waals surface area contributed by atoms with E-state index in [2.05, 4.69) is 17.4 Å². The van der Waals surface area contributed by atoms with E-state index in [-0.39, 0.29) is 5.41 Å². The molecule has 1 aromatic carbocycles. The zero-order valence-corrected chi connectivity index (χ0v) is 10.7. The summed E-state index contributed by atoms with van der Waals surface area (Å²) in [4.78, 5) is 14.6. The molecule has 2 saturated heterocycles. The van der Waals surface area contributed by atoms with Crippen molar-refractivity contribution in [2.24, 2.45) is 5.41 Å². The summed E-state index contributed by atoms with van der Waals surface area (Å²) in [6.45, 7) is 3.68. The molecule has 2 heterocycles. The third-order valence-corrected chi connectivity index (χ3v) is 4.38. The predicted molar refractivity (Wildman–Crippen MR) is 71.0 cm³/mol. The second kappa shape index (κ2) is 4.73. The summed E-state index contributed by atoms with van der Waals surface area (Å²) in [5.74, 6) is 0.382. The van der Waals surface area contributed by atoms with Crippen molar-refractivity contribution < 1.29 is 4.79 Å². The van der Waals surface area contributed by atoms with E-state index in [1.165, 1.54) is 5.56 Å². The number of benzene rings is 1. The van der Waals surface area contributed by atoms with E-state index < -0.39 is 0 Å². The van der Waals surface area contributed by atoms with E-state index in [9.17, 15) is 4.79 Å². The van der Waals surface area contributed by atoms with Gasteiger partial charge in [0.25, 0.3) is 0 Å². The summed E-state index contributed by atoms with van der Waals surface area (Å²) in [7, 11) is 0. The van der Waals surface area contributed by atoms with Gasteiger partial charge < -0.3 is 10.2 Å². The van der Waals surface area contributed by atoms with Gasteiger partial charge in [0.2, 0.25) is 5.91 Å². The van der Waals surface area contributed by atoms with Crippen molar-refractivity contribution in [3.8, 4) is 0 Å². The molecule has 0 unspecified atom stereocenters. The zero-order chi connectivity index (χ0) is 12.4. The minimum absolute atomic E-state index is 0.0416. The van der Waals surface area contributed by atoms with Crippen LogP contribution in [0.1, 0.15) is 24.8 Å². The Labute approximate surface area is 108 Å². The van der Waals surface area contributed by atoms with Crippen LogP contribution in [0, 0.1) is 5.41 Å². The molecule has 3 rings (SSSR count). The maximum absolute atomic E-state index is 12.6. The Hall–Kier alpha value is -1.35. The van der Waals surface area contributed by atoms with E-state index in [0.717, 1.165) is 45.4 Å². The monoisotopic (exact) mass is 244 g/mol. The number of nitrogens with zero attached hydrogens (tertiary/aromatic N) is 1. The van der Waals surface area contributed by atoms with Crippen molar-refractivity contribution in [1.82, 2.24) is 10.2 Å². The van der Waals surface area contributed by atoms with Crippen LogP contribution < -0.4 is 5.32 Å². The number of hydrogen-bond acceptors (Lipinski definition) is 2. The van der Waals surface area contributed by atoms with Gasteiger partial charge in [-0.1, -0.05) is 30.3 Å². The first-order chi connectivity index (χ1) is 8.80. The molecule has 0 bridgehead atoms. The van der Waals surface area contributed by atoms with Gasteiger partial charge in [0.15, 0.2) is 0 Å². The topological polar surface area (TPSA) is 32.3 Å². The predicted octanol–water partition coefficient (Wildman–Crippen LogP) is 1.79. The van der Waals surface area contributed by atoms with Crippen molar-refractivity contribution in [1.29, 1.82) is 0 Å². The van der Waals surface area contributed by atoms with Gasteiger partial charge in [0.05, 0.1) is 5.41 Å². The molecule has 1 amide bonds. The van der Waals surface area contributed by atoms with Crippen LogP contribution in [-0.4, -0.2) is 30.4 Å². The van der Waals surface area contributed by atoms with Crippen LogP contribution in [0.3, 0.4) is 0 Å². The summed E-state index contributed by atoms with van der Waals surface area (Å²) >= 11 is 0. The zero-order valence-electron chi connectivity index (χ0n) is 10.7. The van der Waals surface area contributed by atoms with Gasteiger partial charge in [-0.05, 0) is 37.9 Å². The van der Waals surface area contributed by atoms with Gasteiger partial charge in [-0.3, -0.25) is 4.79 Å². The van der Waals surface area contributed by atoms with Crippen LogP contribution in [0.25, 0.3) is 0 Å². The molecule has 2 aliphatic heterocycles. The SMILES string of the molecule is O=C1N(Cc2ccccc2)CCC12CCNCC2.